The zero-order valence-corrected chi connectivity index (χ0v) is 27.2. The van der Waals surface area contributed by atoms with E-state index in [1.54, 1.807) is 41.5 Å². The lowest BCUT2D eigenvalue weighted by Crippen LogP contribution is -2.58. The van der Waals surface area contributed by atoms with Gasteiger partial charge in [0.25, 0.3) is 0 Å². The average Bonchev–Trinajstić information content (AvgIpc) is 2.97. The standard InChI is InChI=1S/C33H35ClFN5O3S/c1-8-28(41)38-16-21(6)39(17-20(38)5)31-25-15-26(34)29(23-11-9-10-12-27(23)35)36-32(25)40(33(42)37-31)30-19(4)13-22(44(7)43)14-24(30)18(2)3/h8-15,18,20-21H,1,16-17H2,2-7H3/t20?,21?,44-/m1/s1. The number of amides is 1. The first-order valence-electron chi connectivity index (χ1n) is 14.4. The van der Waals surface area contributed by atoms with Crippen LogP contribution in [0.2, 0.25) is 5.02 Å². The molecule has 5 rings (SSSR count). The number of piperazine rings is 1. The number of rotatable bonds is 6. The first kappa shape index (κ1) is 31.7. The van der Waals surface area contributed by atoms with Crippen LogP contribution in [0.25, 0.3) is 28.0 Å². The predicted molar refractivity (Wildman–Crippen MR) is 175 cm³/mol. The molecule has 3 heterocycles. The van der Waals surface area contributed by atoms with Crippen LogP contribution in [0.4, 0.5) is 10.2 Å². The molecule has 4 aromatic rings. The van der Waals surface area contributed by atoms with Gasteiger partial charge in [0.05, 0.1) is 21.8 Å². The molecule has 1 saturated heterocycles. The third-order valence-corrected chi connectivity index (χ3v) is 9.31. The Hall–Kier alpha value is -3.73. The van der Waals surface area contributed by atoms with Gasteiger partial charge in [0.1, 0.15) is 17.9 Å². The maximum atomic E-state index is 15.1. The van der Waals surface area contributed by atoms with Crippen LogP contribution in [-0.2, 0) is 16.0 Å². The highest BCUT2D eigenvalue weighted by Gasteiger charge is 2.34. The Bertz CT molecular complexity index is 1840. The van der Waals surface area contributed by atoms with E-state index < -0.39 is 22.7 Å². The van der Waals surface area contributed by atoms with Crippen molar-refractivity contribution in [3.63, 3.8) is 0 Å². The third kappa shape index (κ3) is 5.62. The van der Waals surface area contributed by atoms with Crippen molar-refractivity contribution in [2.75, 3.05) is 24.2 Å². The van der Waals surface area contributed by atoms with Crippen molar-refractivity contribution in [3.05, 3.63) is 87.6 Å². The van der Waals surface area contributed by atoms with Crippen LogP contribution >= 0.6 is 11.6 Å². The van der Waals surface area contributed by atoms with Gasteiger partial charge in [-0.05, 0) is 85.4 Å². The Morgan fingerprint density at radius 1 is 1.16 bits per heavy atom. The van der Waals surface area contributed by atoms with E-state index >= 15 is 4.39 Å². The summed E-state index contributed by atoms with van der Waals surface area (Å²) in [6, 6.07) is 11.2. The van der Waals surface area contributed by atoms with E-state index in [1.807, 2.05) is 45.6 Å². The molecule has 0 bridgehead atoms. The summed E-state index contributed by atoms with van der Waals surface area (Å²) in [6.45, 7) is 14.2. The van der Waals surface area contributed by atoms with Crippen LogP contribution in [0.1, 0.15) is 44.7 Å². The molecule has 1 fully saturated rings. The van der Waals surface area contributed by atoms with E-state index in [9.17, 15) is 14.1 Å². The molecule has 2 aromatic carbocycles. The van der Waals surface area contributed by atoms with Gasteiger partial charge in [-0.2, -0.15) is 4.98 Å². The summed E-state index contributed by atoms with van der Waals surface area (Å²) in [5, 5.41) is 0.712. The summed E-state index contributed by atoms with van der Waals surface area (Å²) in [6.07, 6.45) is 2.92. The molecule has 0 spiro atoms. The quantitative estimate of drug-likeness (QED) is 0.190. The molecule has 44 heavy (non-hydrogen) atoms. The normalized spacial score (nSPS) is 17.8. The Kier molecular flexibility index (Phi) is 8.89. The largest absolute Gasteiger partial charge is 0.612 e. The number of anilines is 1. The van der Waals surface area contributed by atoms with Gasteiger partial charge in [-0.25, -0.2) is 18.7 Å². The SMILES string of the molecule is C=CC(=O)N1CC(C)N(c2nc(=O)n(-c3c(C)cc([S@@+](C)[O-])cc3C(C)C)c3nc(-c4ccccc4F)c(Cl)cc23)CC1C. The van der Waals surface area contributed by atoms with Crippen molar-refractivity contribution in [1.29, 1.82) is 0 Å². The number of aryl methyl sites for hydroxylation is 1. The molecule has 1 aliphatic rings. The summed E-state index contributed by atoms with van der Waals surface area (Å²) < 4.78 is 29.0. The molecule has 0 aliphatic carbocycles. The number of hydrogen-bond acceptors (Lipinski definition) is 6. The van der Waals surface area contributed by atoms with E-state index in [0.29, 0.717) is 34.9 Å². The third-order valence-electron chi connectivity index (χ3n) is 8.13. The molecule has 11 heteroatoms. The van der Waals surface area contributed by atoms with Gasteiger partial charge >= 0.3 is 5.69 Å². The Morgan fingerprint density at radius 3 is 2.50 bits per heavy atom. The molecular weight excluding hydrogens is 601 g/mol. The highest BCUT2D eigenvalue weighted by molar-refractivity contribution is 7.90. The van der Waals surface area contributed by atoms with Crippen molar-refractivity contribution in [2.24, 2.45) is 0 Å². The lowest BCUT2D eigenvalue weighted by molar-refractivity contribution is -0.128. The number of carbonyl (C=O) groups excluding carboxylic acids is 1. The van der Waals surface area contributed by atoms with Gasteiger partial charge in [0, 0.05) is 30.7 Å². The highest BCUT2D eigenvalue weighted by atomic mass is 35.5. The Labute approximate surface area is 264 Å². The fourth-order valence-corrected chi connectivity index (χ4v) is 6.79. The zero-order chi connectivity index (χ0) is 32.0. The second-order valence-electron chi connectivity index (χ2n) is 11.6. The number of carbonyl (C=O) groups is 1. The molecule has 1 amide bonds. The Balaban J connectivity index is 1.84. The second-order valence-corrected chi connectivity index (χ2v) is 13.3. The summed E-state index contributed by atoms with van der Waals surface area (Å²) in [4.78, 5) is 40.6. The number of fused-ring (bicyclic) bond motifs is 1. The highest BCUT2D eigenvalue weighted by Crippen LogP contribution is 2.37. The number of halogens is 2. The maximum absolute atomic E-state index is 15.1. The second kappa shape index (κ2) is 12.3. The molecular formula is C33H35ClFN5O3S. The molecule has 1 aliphatic heterocycles. The van der Waals surface area contributed by atoms with Crippen molar-refractivity contribution < 1.29 is 13.7 Å². The Morgan fingerprint density at radius 2 is 1.86 bits per heavy atom. The van der Waals surface area contributed by atoms with Crippen LogP contribution < -0.4 is 10.6 Å². The van der Waals surface area contributed by atoms with Crippen LogP contribution in [0.3, 0.4) is 0 Å². The summed E-state index contributed by atoms with van der Waals surface area (Å²) in [7, 11) is 0. The summed E-state index contributed by atoms with van der Waals surface area (Å²) >= 11 is 5.58. The number of benzene rings is 2. The summed E-state index contributed by atoms with van der Waals surface area (Å²) in [5.41, 5.74) is 2.20. The van der Waals surface area contributed by atoms with Gasteiger partial charge < -0.3 is 14.4 Å². The van der Waals surface area contributed by atoms with Gasteiger partial charge in [-0.15, -0.1) is 0 Å². The fraction of sp³-hybridized carbons (Fsp3) is 0.333. The number of hydrogen-bond donors (Lipinski definition) is 0. The molecule has 230 valence electrons. The van der Waals surface area contributed by atoms with E-state index in [1.165, 1.54) is 16.7 Å². The van der Waals surface area contributed by atoms with E-state index in [4.69, 9.17) is 16.6 Å². The minimum absolute atomic E-state index is 0.0384. The van der Waals surface area contributed by atoms with Crippen LogP contribution in [0.5, 0.6) is 0 Å². The molecule has 0 saturated carbocycles. The van der Waals surface area contributed by atoms with Gasteiger partial charge in [-0.3, -0.25) is 4.79 Å². The molecule has 0 radical (unpaired) electrons. The number of aromatic nitrogens is 3. The van der Waals surface area contributed by atoms with E-state index in [0.717, 1.165) is 11.1 Å². The first-order chi connectivity index (χ1) is 20.8. The predicted octanol–water partition coefficient (Wildman–Crippen LogP) is 6.02. The molecule has 2 unspecified atom stereocenters. The van der Waals surface area contributed by atoms with E-state index in [-0.39, 0.29) is 45.8 Å². The maximum Gasteiger partial charge on any atom is 0.355 e. The van der Waals surface area contributed by atoms with Crippen molar-refractivity contribution in [3.8, 4) is 16.9 Å². The topological polar surface area (TPSA) is 94.4 Å². The van der Waals surface area contributed by atoms with Gasteiger partial charge in [-0.1, -0.05) is 44.2 Å². The zero-order valence-electron chi connectivity index (χ0n) is 25.6. The van der Waals surface area contributed by atoms with Crippen molar-refractivity contribution >= 4 is 45.5 Å². The van der Waals surface area contributed by atoms with Crippen molar-refractivity contribution in [2.45, 2.75) is 57.5 Å². The molecule has 2 aromatic heterocycles. The monoisotopic (exact) mass is 635 g/mol. The average molecular weight is 636 g/mol. The first-order valence-corrected chi connectivity index (χ1v) is 16.3. The van der Waals surface area contributed by atoms with Crippen LogP contribution in [0, 0.1) is 12.7 Å². The number of nitrogens with zero attached hydrogens (tertiary/aromatic N) is 5. The van der Waals surface area contributed by atoms with Crippen LogP contribution in [0.15, 0.2) is 64.8 Å². The smallest absolute Gasteiger partial charge is 0.355 e. The fourth-order valence-electron chi connectivity index (χ4n) is 5.90. The number of pyridine rings is 1. The van der Waals surface area contributed by atoms with E-state index in [2.05, 4.69) is 11.6 Å². The van der Waals surface area contributed by atoms with Gasteiger partial charge in [0.15, 0.2) is 10.5 Å². The minimum Gasteiger partial charge on any atom is -0.612 e. The van der Waals surface area contributed by atoms with Crippen molar-refractivity contribution in [1.82, 2.24) is 19.4 Å². The van der Waals surface area contributed by atoms with Gasteiger partial charge in [0.2, 0.25) is 5.91 Å². The molecule has 0 N–H and O–H groups in total. The minimum atomic E-state index is -1.24. The lowest BCUT2D eigenvalue weighted by atomic mass is 9.97. The molecule has 8 nitrogen and oxygen atoms in total. The lowest BCUT2D eigenvalue weighted by Gasteiger charge is -2.44. The summed E-state index contributed by atoms with van der Waals surface area (Å²) in [5.74, 6) is -0.312. The molecule has 3 atom stereocenters. The van der Waals surface area contributed by atoms with Crippen LogP contribution in [-0.4, -0.2) is 61.3 Å².